The highest BCUT2D eigenvalue weighted by atomic mass is 16.3. The van der Waals surface area contributed by atoms with Gasteiger partial charge in [0.05, 0.1) is 6.61 Å². The van der Waals surface area contributed by atoms with Crippen molar-refractivity contribution in [3.05, 3.63) is 17.5 Å². The van der Waals surface area contributed by atoms with Crippen molar-refractivity contribution in [1.82, 2.24) is 15.3 Å². The quantitative estimate of drug-likeness (QED) is 0.878. The van der Waals surface area contributed by atoms with Crippen LogP contribution < -0.4 is 10.2 Å². The summed E-state index contributed by atoms with van der Waals surface area (Å²) in [5.74, 6) is 0.828. The van der Waals surface area contributed by atoms with Crippen LogP contribution in [0.5, 0.6) is 0 Å². The molecule has 2 N–H and O–H groups in total. The smallest absolute Gasteiger partial charge is 0.225 e. The van der Waals surface area contributed by atoms with Crippen molar-refractivity contribution in [3.8, 4) is 0 Å². The zero-order chi connectivity index (χ0) is 14.9. The molecule has 3 heterocycles. The van der Waals surface area contributed by atoms with Crippen LogP contribution in [0.25, 0.3) is 0 Å². The number of hydrogen-bond acceptors (Lipinski definition) is 5. The Hall–Kier alpha value is -1.20. The van der Waals surface area contributed by atoms with E-state index in [1.54, 1.807) is 0 Å². The van der Waals surface area contributed by atoms with Gasteiger partial charge in [0.1, 0.15) is 0 Å². The molecule has 2 aliphatic heterocycles. The number of nitrogens with one attached hydrogen (secondary N) is 1. The van der Waals surface area contributed by atoms with Gasteiger partial charge in [-0.1, -0.05) is 6.92 Å². The highest BCUT2D eigenvalue weighted by Crippen LogP contribution is 2.37. The molecule has 3 rings (SSSR count). The second-order valence-electron chi connectivity index (χ2n) is 6.49. The predicted molar refractivity (Wildman–Crippen MR) is 83.5 cm³/mol. The second kappa shape index (κ2) is 5.89. The minimum atomic E-state index is -0.0306. The minimum Gasteiger partial charge on any atom is -0.396 e. The molecular formula is C16H26N4O. The molecule has 2 fully saturated rings. The fourth-order valence-corrected chi connectivity index (χ4v) is 3.84. The maximum absolute atomic E-state index is 9.98. The van der Waals surface area contributed by atoms with E-state index in [1.165, 1.54) is 0 Å². The SMILES string of the molecule is CCc1nc(N2CC[C@H]3NCCC[C@]3(CO)C2)ncc1C. The first kappa shape index (κ1) is 14.7. The van der Waals surface area contributed by atoms with Gasteiger partial charge in [-0.2, -0.15) is 0 Å². The monoisotopic (exact) mass is 290 g/mol. The number of aromatic nitrogens is 2. The highest BCUT2D eigenvalue weighted by Gasteiger charge is 2.44. The third-order valence-electron chi connectivity index (χ3n) is 5.17. The number of aliphatic hydroxyl groups excluding tert-OH is 1. The summed E-state index contributed by atoms with van der Waals surface area (Å²) in [5, 5.41) is 13.6. The van der Waals surface area contributed by atoms with Gasteiger partial charge < -0.3 is 15.3 Å². The number of aliphatic hydroxyl groups is 1. The molecule has 21 heavy (non-hydrogen) atoms. The Balaban J connectivity index is 1.84. The van der Waals surface area contributed by atoms with Gasteiger partial charge in [-0.25, -0.2) is 9.97 Å². The summed E-state index contributed by atoms with van der Waals surface area (Å²) in [5.41, 5.74) is 2.26. The molecule has 1 aromatic rings. The van der Waals surface area contributed by atoms with Crippen LogP contribution in [0.4, 0.5) is 5.95 Å². The average molecular weight is 290 g/mol. The Labute approximate surface area is 126 Å². The zero-order valence-corrected chi connectivity index (χ0v) is 13.1. The minimum absolute atomic E-state index is 0.0306. The third kappa shape index (κ3) is 2.64. The summed E-state index contributed by atoms with van der Waals surface area (Å²) >= 11 is 0. The summed E-state index contributed by atoms with van der Waals surface area (Å²) in [7, 11) is 0. The van der Waals surface area contributed by atoms with Gasteiger partial charge in [-0.3, -0.25) is 0 Å². The van der Waals surface area contributed by atoms with Crippen LogP contribution in [-0.2, 0) is 6.42 Å². The molecule has 0 unspecified atom stereocenters. The van der Waals surface area contributed by atoms with Crippen LogP contribution in [0.1, 0.15) is 37.4 Å². The van der Waals surface area contributed by atoms with Crippen LogP contribution in [0, 0.1) is 12.3 Å². The number of nitrogens with zero attached hydrogens (tertiary/aromatic N) is 3. The van der Waals surface area contributed by atoms with Crippen LogP contribution in [-0.4, -0.2) is 47.4 Å². The molecule has 2 aliphatic rings. The van der Waals surface area contributed by atoms with E-state index in [0.29, 0.717) is 6.04 Å². The molecule has 0 aromatic carbocycles. The average Bonchev–Trinajstić information content (AvgIpc) is 2.54. The molecule has 0 bridgehead atoms. The number of rotatable bonds is 3. The van der Waals surface area contributed by atoms with Crippen molar-refractivity contribution < 1.29 is 5.11 Å². The maximum atomic E-state index is 9.98. The summed E-state index contributed by atoms with van der Waals surface area (Å²) in [6.07, 6.45) is 6.14. The van der Waals surface area contributed by atoms with E-state index in [2.05, 4.69) is 29.0 Å². The van der Waals surface area contributed by atoms with E-state index in [-0.39, 0.29) is 12.0 Å². The van der Waals surface area contributed by atoms with E-state index in [1.807, 2.05) is 6.20 Å². The fourth-order valence-electron chi connectivity index (χ4n) is 3.84. The maximum Gasteiger partial charge on any atom is 0.225 e. The second-order valence-corrected chi connectivity index (χ2v) is 6.49. The number of aryl methyl sites for hydroxylation is 2. The summed E-state index contributed by atoms with van der Waals surface area (Å²) in [4.78, 5) is 11.5. The molecule has 2 saturated heterocycles. The largest absolute Gasteiger partial charge is 0.396 e. The van der Waals surface area contributed by atoms with Gasteiger partial charge in [0.2, 0.25) is 5.95 Å². The molecule has 2 atom stereocenters. The Morgan fingerprint density at radius 3 is 3.14 bits per heavy atom. The summed E-state index contributed by atoms with van der Waals surface area (Å²) in [6, 6.07) is 0.434. The fraction of sp³-hybridized carbons (Fsp3) is 0.750. The van der Waals surface area contributed by atoms with Crippen LogP contribution >= 0.6 is 0 Å². The highest BCUT2D eigenvalue weighted by molar-refractivity contribution is 5.35. The van der Waals surface area contributed by atoms with Crippen molar-refractivity contribution in [2.45, 2.75) is 45.6 Å². The molecule has 0 aliphatic carbocycles. The number of anilines is 1. The molecular weight excluding hydrogens is 264 g/mol. The number of fused-ring (bicyclic) bond motifs is 1. The molecule has 1 aromatic heterocycles. The van der Waals surface area contributed by atoms with Crippen molar-refractivity contribution in [1.29, 1.82) is 0 Å². The molecule has 0 amide bonds. The molecule has 0 radical (unpaired) electrons. The van der Waals surface area contributed by atoms with Crippen molar-refractivity contribution in [2.75, 3.05) is 31.1 Å². The lowest BCUT2D eigenvalue weighted by Gasteiger charge is -2.50. The van der Waals surface area contributed by atoms with E-state index >= 15 is 0 Å². The Kier molecular flexibility index (Phi) is 4.13. The van der Waals surface area contributed by atoms with Crippen LogP contribution in [0.3, 0.4) is 0 Å². The van der Waals surface area contributed by atoms with Gasteiger partial charge in [0, 0.05) is 36.4 Å². The van der Waals surface area contributed by atoms with E-state index in [4.69, 9.17) is 4.98 Å². The number of hydrogen-bond donors (Lipinski definition) is 2. The zero-order valence-electron chi connectivity index (χ0n) is 13.1. The molecule has 5 heteroatoms. The standard InChI is InChI=1S/C16H26N4O/c1-3-13-12(2)9-18-15(19-13)20-8-5-14-16(10-20,11-21)6-4-7-17-14/h9,14,17,21H,3-8,10-11H2,1-2H3/t14-,16-/m1/s1. The van der Waals surface area contributed by atoms with Crippen molar-refractivity contribution >= 4 is 5.95 Å². The van der Waals surface area contributed by atoms with Crippen LogP contribution in [0.15, 0.2) is 6.20 Å². The Morgan fingerprint density at radius 1 is 1.52 bits per heavy atom. The number of piperidine rings is 2. The topological polar surface area (TPSA) is 61.3 Å². The molecule has 5 nitrogen and oxygen atoms in total. The van der Waals surface area contributed by atoms with Gasteiger partial charge in [0.25, 0.3) is 0 Å². The van der Waals surface area contributed by atoms with E-state index in [0.717, 1.165) is 62.5 Å². The van der Waals surface area contributed by atoms with E-state index < -0.39 is 0 Å². The lowest BCUT2D eigenvalue weighted by Crippen LogP contribution is -2.61. The van der Waals surface area contributed by atoms with Gasteiger partial charge in [-0.05, 0) is 44.7 Å². The van der Waals surface area contributed by atoms with Crippen molar-refractivity contribution in [3.63, 3.8) is 0 Å². The summed E-state index contributed by atoms with van der Waals surface area (Å²) in [6.45, 7) is 7.33. The van der Waals surface area contributed by atoms with Gasteiger partial charge >= 0.3 is 0 Å². The first-order valence-corrected chi connectivity index (χ1v) is 8.10. The van der Waals surface area contributed by atoms with Crippen LogP contribution in [0.2, 0.25) is 0 Å². The molecule has 116 valence electrons. The normalized spacial score (nSPS) is 29.3. The van der Waals surface area contributed by atoms with Gasteiger partial charge in [-0.15, -0.1) is 0 Å². The lowest BCUT2D eigenvalue weighted by molar-refractivity contribution is 0.0401. The Morgan fingerprint density at radius 2 is 2.38 bits per heavy atom. The van der Waals surface area contributed by atoms with Gasteiger partial charge in [0.15, 0.2) is 0 Å². The first-order chi connectivity index (χ1) is 10.2. The predicted octanol–water partition coefficient (Wildman–Crippen LogP) is 1.29. The van der Waals surface area contributed by atoms with Crippen molar-refractivity contribution in [2.24, 2.45) is 5.41 Å². The summed E-state index contributed by atoms with van der Waals surface area (Å²) < 4.78 is 0. The first-order valence-electron chi connectivity index (χ1n) is 8.10. The lowest BCUT2D eigenvalue weighted by atomic mass is 9.71. The Bertz CT molecular complexity index is 507. The molecule has 0 spiro atoms. The molecule has 0 saturated carbocycles. The van der Waals surface area contributed by atoms with E-state index in [9.17, 15) is 5.11 Å². The third-order valence-corrected chi connectivity index (χ3v) is 5.17.